The van der Waals surface area contributed by atoms with Gasteiger partial charge in [-0.3, -0.25) is 5.10 Å². The van der Waals surface area contributed by atoms with Gasteiger partial charge in [-0.05, 0) is 31.4 Å². The molecule has 1 aliphatic heterocycles. The lowest BCUT2D eigenvalue weighted by atomic mass is 9.98. The molecule has 128 valence electrons. The number of carbonyl (C=O) groups excluding carboxylic acids is 1. The van der Waals surface area contributed by atoms with Gasteiger partial charge in [-0.1, -0.05) is 17.7 Å². The van der Waals surface area contributed by atoms with Crippen LogP contribution in [0, 0.1) is 0 Å². The van der Waals surface area contributed by atoms with Gasteiger partial charge in [-0.25, -0.2) is 4.79 Å². The average Bonchev–Trinajstić information content (AvgIpc) is 3.12. The van der Waals surface area contributed by atoms with Crippen LogP contribution in [0.2, 0.25) is 5.02 Å². The first-order valence-electron chi connectivity index (χ1n) is 8.03. The molecule has 3 rings (SSSR count). The van der Waals surface area contributed by atoms with Crippen molar-refractivity contribution < 1.29 is 9.53 Å². The number of anilines is 1. The number of aromatic nitrogens is 2. The summed E-state index contributed by atoms with van der Waals surface area (Å²) >= 11 is 6.23. The number of hydrogen-bond acceptors (Lipinski definition) is 3. The van der Waals surface area contributed by atoms with Crippen molar-refractivity contribution in [1.82, 2.24) is 15.1 Å². The molecule has 1 aromatic heterocycles. The van der Waals surface area contributed by atoms with Crippen molar-refractivity contribution in [2.75, 3.05) is 19.0 Å². The van der Waals surface area contributed by atoms with Crippen LogP contribution >= 0.6 is 11.6 Å². The highest BCUT2D eigenvalue weighted by atomic mass is 35.5. The lowest BCUT2D eigenvalue weighted by molar-refractivity contribution is 0.163. The number of nitrogens with one attached hydrogen (secondary N) is 2. The molecular weight excluding hydrogens is 328 g/mol. The summed E-state index contributed by atoms with van der Waals surface area (Å²) in [7, 11) is 1.61. The molecular formula is C17H21ClN4O2. The van der Waals surface area contributed by atoms with Gasteiger partial charge < -0.3 is 15.0 Å². The first-order valence-corrected chi connectivity index (χ1v) is 8.41. The summed E-state index contributed by atoms with van der Waals surface area (Å²) in [5.41, 5.74) is 2.51. The molecule has 2 N–H and O–H groups in total. The standard InChI is InChI=1S/C17H21ClN4O2/c1-24-11-13-14(18)5-4-6-15(13)21-17(23)22-8-3-2-7-16(22)12-9-19-20-10-12/h4-6,9-10,16H,2-3,7-8,11H2,1H3,(H,19,20)(H,21,23)/t16-/m1/s1. The Bertz CT molecular complexity index is 690. The maximum absolute atomic E-state index is 12.8. The highest BCUT2D eigenvalue weighted by molar-refractivity contribution is 6.31. The van der Waals surface area contributed by atoms with Crippen LogP contribution in [-0.4, -0.2) is 34.8 Å². The van der Waals surface area contributed by atoms with Crippen LogP contribution in [0.25, 0.3) is 0 Å². The highest BCUT2D eigenvalue weighted by Crippen LogP contribution is 2.32. The molecule has 1 atom stereocenters. The van der Waals surface area contributed by atoms with Crippen molar-refractivity contribution in [3.8, 4) is 0 Å². The van der Waals surface area contributed by atoms with Crippen LogP contribution in [0.4, 0.5) is 10.5 Å². The Hall–Kier alpha value is -2.05. The molecule has 2 amide bonds. The Labute approximate surface area is 146 Å². The molecule has 0 spiro atoms. The zero-order chi connectivity index (χ0) is 16.9. The third kappa shape index (κ3) is 3.55. The molecule has 0 radical (unpaired) electrons. The van der Waals surface area contributed by atoms with Crippen molar-refractivity contribution in [3.05, 3.63) is 46.7 Å². The summed E-state index contributed by atoms with van der Waals surface area (Å²) in [5, 5.41) is 10.4. The summed E-state index contributed by atoms with van der Waals surface area (Å²) < 4.78 is 5.19. The predicted molar refractivity (Wildman–Crippen MR) is 93.1 cm³/mol. The largest absolute Gasteiger partial charge is 0.380 e. The van der Waals surface area contributed by atoms with E-state index in [1.54, 1.807) is 19.4 Å². The van der Waals surface area contributed by atoms with E-state index >= 15 is 0 Å². The van der Waals surface area contributed by atoms with Crippen molar-refractivity contribution in [2.24, 2.45) is 0 Å². The minimum absolute atomic E-state index is 0.0440. The number of piperidine rings is 1. The first-order chi connectivity index (χ1) is 11.7. The third-order valence-corrected chi connectivity index (χ3v) is 4.67. The fraction of sp³-hybridized carbons (Fsp3) is 0.412. The maximum Gasteiger partial charge on any atom is 0.322 e. The van der Waals surface area contributed by atoms with Gasteiger partial charge in [0, 0.05) is 41.7 Å². The van der Waals surface area contributed by atoms with Gasteiger partial charge >= 0.3 is 6.03 Å². The molecule has 7 heteroatoms. The Balaban J connectivity index is 1.80. The Morgan fingerprint density at radius 2 is 2.38 bits per heavy atom. The van der Waals surface area contributed by atoms with E-state index in [0.717, 1.165) is 36.9 Å². The summed E-state index contributed by atoms with van der Waals surface area (Å²) in [6.07, 6.45) is 6.68. The summed E-state index contributed by atoms with van der Waals surface area (Å²) in [5.74, 6) is 0. The zero-order valence-electron chi connectivity index (χ0n) is 13.6. The second-order valence-corrected chi connectivity index (χ2v) is 6.27. The number of methoxy groups -OCH3 is 1. The first kappa shape index (κ1) is 16.8. The monoisotopic (exact) mass is 348 g/mol. The van der Waals surface area contributed by atoms with E-state index in [1.807, 2.05) is 23.2 Å². The molecule has 1 aromatic carbocycles. The number of likely N-dealkylation sites (tertiary alicyclic amines) is 1. The quantitative estimate of drug-likeness (QED) is 0.878. The number of urea groups is 1. The SMILES string of the molecule is COCc1c(Cl)cccc1NC(=O)N1CCCC[C@@H]1c1cn[nH]c1. The van der Waals surface area contributed by atoms with Gasteiger partial charge in [0.05, 0.1) is 18.8 Å². The van der Waals surface area contributed by atoms with Gasteiger partial charge in [0.2, 0.25) is 0 Å². The predicted octanol–water partition coefficient (Wildman–Crippen LogP) is 3.97. The maximum atomic E-state index is 12.8. The summed E-state index contributed by atoms with van der Waals surface area (Å²) in [4.78, 5) is 14.7. The van der Waals surface area contributed by atoms with Gasteiger partial charge in [0.15, 0.2) is 0 Å². The van der Waals surface area contributed by atoms with Crippen molar-refractivity contribution in [1.29, 1.82) is 0 Å². The van der Waals surface area contributed by atoms with Crippen LogP contribution in [0.5, 0.6) is 0 Å². The lowest BCUT2D eigenvalue weighted by Gasteiger charge is -2.35. The third-order valence-electron chi connectivity index (χ3n) is 4.32. The molecule has 0 saturated carbocycles. The number of halogens is 1. The number of rotatable bonds is 4. The fourth-order valence-corrected chi connectivity index (χ4v) is 3.35. The number of hydrogen-bond donors (Lipinski definition) is 2. The van der Waals surface area contributed by atoms with Crippen molar-refractivity contribution >= 4 is 23.3 Å². The molecule has 6 nitrogen and oxygen atoms in total. The van der Waals surface area contributed by atoms with E-state index in [-0.39, 0.29) is 12.1 Å². The molecule has 1 aliphatic rings. The Morgan fingerprint density at radius 1 is 1.50 bits per heavy atom. The molecule has 2 heterocycles. The molecule has 0 bridgehead atoms. The fourth-order valence-electron chi connectivity index (χ4n) is 3.12. The molecule has 1 saturated heterocycles. The number of amides is 2. The van der Waals surface area contributed by atoms with Crippen LogP contribution in [-0.2, 0) is 11.3 Å². The average molecular weight is 349 g/mol. The summed E-state index contributed by atoms with van der Waals surface area (Å²) in [6.45, 7) is 1.07. The van der Waals surface area contributed by atoms with Crippen LogP contribution in [0.15, 0.2) is 30.6 Å². The van der Waals surface area contributed by atoms with Gasteiger partial charge in [-0.2, -0.15) is 5.10 Å². The molecule has 2 aromatic rings. The molecule has 1 fully saturated rings. The van der Waals surface area contributed by atoms with Crippen LogP contribution < -0.4 is 5.32 Å². The Kier molecular flexibility index (Phi) is 5.37. The minimum Gasteiger partial charge on any atom is -0.380 e. The van der Waals surface area contributed by atoms with E-state index < -0.39 is 0 Å². The molecule has 0 aliphatic carbocycles. The van der Waals surface area contributed by atoms with Crippen LogP contribution in [0.3, 0.4) is 0 Å². The second kappa shape index (κ2) is 7.68. The number of benzene rings is 1. The van der Waals surface area contributed by atoms with E-state index in [2.05, 4.69) is 15.5 Å². The minimum atomic E-state index is -0.125. The topological polar surface area (TPSA) is 70.2 Å². The van der Waals surface area contributed by atoms with Gasteiger partial charge in [-0.15, -0.1) is 0 Å². The normalized spacial score (nSPS) is 17.8. The highest BCUT2D eigenvalue weighted by Gasteiger charge is 2.29. The summed E-state index contributed by atoms with van der Waals surface area (Å²) in [6, 6.07) is 5.37. The lowest BCUT2D eigenvalue weighted by Crippen LogP contribution is -2.41. The van der Waals surface area contributed by atoms with E-state index in [0.29, 0.717) is 17.3 Å². The number of nitrogens with zero attached hydrogens (tertiary/aromatic N) is 2. The molecule has 0 unspecified atom stereocenters. The van der Waals surface area contributed by atoms with Crippen LogP contribution in [0.1, 0.15) is 36.4 Å². The number of carbonyl (C=O) groups is 1. The smallest absolute Gasteiger partial charge is 0.322 e. The van der Waals surface area contributed by atoms with Crippen molar-refractivity contribution in [2.45, 2.75) is 31.9 Å². The Morgan fingerprint density at radius 3 is 3.12 bits per heavy atom. The number of H-pyrrole nitrogens is 1. The number of ether oxygens (including phenoxy) is 1. The second-order valence-electron chi connectivity index (χ2n) is 5.87. The zero-order valence-corrected chi connectivity index (χ0v) is 14.3. The van der Waals surface area contributed by atoms with E-state index in [9.17, 15) is 4.79 Å². The van der Waals surface area contributed by atoms with Gasteiger partial charge in [0.1, 0.15) is 0 Å². The van der Waals surface area contributed by atoms with E-state index in [1.165, 1.54) is 0 Å². The van der Waals surface area contributed by atoms with E-state index in [4.69, 9.17) is 16.3 Å². The molecule has 24 heavy (non-hydrogen) atoms. The van der Waals surface area contributed by atoms with Crippen molar-refractivity contribution in [3.63, 3.8) is 0 Å². The van der Waals surface area contributed by atoms with Gasteiger partial charge in [0.25, 0.3) is 0 Å². The number of aromatic amines is 1.